The topological polar surface area (TPSA) is 51.8 Å². The molecule has 0 atom stereocenters. The Balaban J connectivity index is 1.09. The van der Waals surface area contributed by atoms with Crippen molar-refractivity contribution in [1.82, 2.24) is 15.0 Å². The van der Waals surface area contributed by atoms with Gasteiger partial charge in [0.25, 0.3) is 0 Å². The van der Waals surface area contributed by atoms with Gasteiger partial charge in [0.2, 0.25) is 0 Å². The van der Waals surface area contributed by atoms with Gasteiger partial charge in [-0.2, -0.15) is 0 Å². The predicted molar refractivity (Wildman–Crippen MR) is 217 cm³/mol. The van der Waals surface area contributed by atoms with E-state index in [4.69, 9.17) is 19.4 Å². The number of furan rings is 1. The van der Waals surface area contributed by atoms with Crippen LogP contribution in [-0.4, -0.2) is 15.0 Å². The van der Waals surface area contributed by atoms with E-state index in [1.807, 2.05) is 18.2 Å². The van der Waals surface area contributed by atoms with Crippen molar-refractivity contribution in [3.63, 3.8) is 0 Å². The first-order valence-corrected chi connectivity index (χ1v) is 17.8. The molecule has 248 valence electrons. The zero-order valence-corrected chi connectivity index (χ0v) is 28.6. The van der Waals surface area contributed by atoms with Crippen LogP contribution in [-0.2, 0) is 0 Å². The second-order valence-corrected chi connectivity index (χ2v) is 13.3. The third-order valence-corrected chi connectivity index (χ3v) is 9.93. The summed E-state index contributed by atoms with van der Waals surface area (Å²) in [6.45, 7) is 0. The third kappa shape index (κ3) is 5.73. The molecule has 0 saturated carbocycles. The van der Waals surface area contributed by atoms with Crippen molar-refractivity contribution in [1.29, 1.82) is 0 Å². The van der Waals surface area contributed by atoms with E-state index >= 15 is 0 Å². The number of hydrogen-bond acceptors (Lipinski definition) is 4. The quantitative estimate of drug-likeness (QED) is 0.176. The molecule has 0 N–H and O–H groups in total. The molecule has 2 heterocycles. The van der Waals surface area contributed by atoms with Gasteiger partial charge in [-0.1, -0.05) is 158 Å². The zero-order chi connectivity index (χ0) is 35.1. The van der Waals surface area contributed by atoms with Crippen LogP contribution < -0.4 is 0 Å². The van der Waals surface area contributed by atoms with E-state index in [2.05, 4.69) is 170 Å². The summed E-state index contributed by atoms with van der Waals surface area (Å²) in [7, 11) is 0. The molecule has 8 aromatic carbocycles. The van der Waals surface area contributed by atoms with Crippen molar-refractivity contribution >= 4 is 32.7 Å². The minimum absolute atomic E-state index is 0.587. The molecular formula is C49H31N3O. The van der Waals surface area contributed by atoms with Gasteiger partial charge in [0.15, 0.2) is 17.5 Å². The summed E-state index contributed by atoms with van der Waals surface area (Å²) in [5, 5.41) is 4.44. The molecule has 10 aromatic rings. The summed E-state index contributed by atoms with van der Waals surface area (Å²) in [6.07, 6.45) is 0. The lowest BCUT2D eigenvalue weighted by Crippen LogP contribution is -2.00. The number of fused-ring (bicyclic) bond motifs is 4. The highest BCUT2D eigenvalue weighted by Crippen LogP contribution is 2.39. The number of hydrogen-bond donors (Lipinski definition) is 0. The maximum atomic E-state index is 6.55. The summed E-state index contributed by atoms with van der Waals surface area (Å²) in [6, 6.07) is 65.2. The lowest BCUT2D eigenvalue weighted by atomic mass is 9.96. The SMILES string of the molecule is c1ccc(-c2ccc(-c3nc(-c4ccc5ccccc5c4)nc(-c4ccc5c(c4)oc4cccc(-c6cccc(-c7ccccc7)c6)c45)n3)cc2)cc1. The predicted octanol–water partition coefficient (Wildman–Crippen LogP) is 12.9. The largest absolute Gasteiger partial charge is 0.456 e. The van der Waals surface area contributed by atoms with Gasteiger partial charge in [-0.05, 0) is 74.5 Å². The summed E-state index contributed by atoms with van der Waals surface area (Å²) in [4.78, 5) is 15.2. The van der Waals surface area contributed by atoms with Gasteiger partial charge in [0, 0.05) is 27.5 Å². The molecule has 0 unspecified atom stereocenters. The smallest absolute Gasteiger partial charge is 0.164 e. The third-order valence-electron chi connectivity index (χ3n) is 9.93. The van der Waals surface area contributed by atoms with Crippen LogP contribution in [0.3, 0.4) is 0 Å². The molecule has 0 saturated heterocycles. The second kappa shape index (κ2) is 12.9. The zero-order valence-electron chi connectivity index (χ0n) is 28.6. The molecule has 0 spiro atoms. The van der Waals surface area contributed by atoms with Crippen LogP contribution in [0.1, 0.15) is 0 Å². The van der Waals surface area contributed by atoms with Crippen LogP contribution in [0.2, 0.25) is 0 Å². The number of nitrogens with zero attached hydrogens (tertiary/aromatic N) is 3. The minimum Gasteiger partial charge on any atom is -0.456 e. The molecule has 0 fully saturated rings. The van der Waals surface area contributed by atoms with Crippen molar-refractivity contribution in [2.24, 2.45) is 0 Å². The Labute approximate surface area is 306 Å². The Morgan fingerprint density at radius 2 is 0.830 bits per heavy atom. The molecule has 0 bridgehead atoms. The van der Waals surface area contributed by atoms with Crippen molar-refractivity contribution in [3.8, 4) is 67.5 Å². The van der Waals surface area contributed by atoms with Crippen molar-refractivity contribution in [2.75, 3.05) is 0 Å². The number of benzene rings is 8. The maximum absolute atomic E-state index is 6.55. The molecule has 0 radical (unpaired) electrons. The van der Waals surface area contributed by atoms with E-state index in [1.165, 1.54) is 22.1 Å². The second-order valence-electron chi connectivity index (χ2n) is 13.3. The summed E-state index contributed by atoms with van der Waals surface area (Å²) in [5.41, 5.74) is 11.3. The van der Waals surface area contributed by atoms with Crippen LogP contribution in [0.5, 0.6) is 0 Å². The number of aromatic nitrogens is 3. The van der Waals surface area contributed by atoms with Gasteiger partial charge >= 0.3 is 0 Å². The van der Waals surface area contributed by atoms with E-state index < -0.39 is 0 Å². The van der Waals surface area contributed by atoms with Gasteiger partial charge in [-0.3, -0.25) is 0 Å². The highest BCUT2D eigenvalue weighted by Gasteiger charge is 2.17. The van der Waals surface area contributed by atoms with Crippen LogP contribution in [0, 0.1) is 0 Å². The Hall–Kier alpha value is -7.17. The van der Waals surface area contributed by atoms with Gasteiger partial charge in [-0.25, -0.2) is 15.0 Å². The Kier molecular flexibility index (Phi) is 7.43. The average Bonchev–Trinajstić information content (AvgIpc) is 3.62. The molecule has 4 nitrogen and oxygen atoms in total. The van der Waals surface area contributed by atoms with Gasteiger partial charge in [0.05, 0.1) is 0 Å². The molecule has 4 heteroatoms. The molecule has 0 amide bonds. The van der Waals surface area contributed by atoms with Crippen LogP contribution in [0.15, 0.2) is 192 Å². The van der Waals surface area contributed by atoms with Crippen LogP contribution >= 0.6 is 0 Å². The summed E-state index contributed by atoms with van der Waals surface area (Å²) < 4.78 is 6.55. The molecule has 0 aliphatic heterocycles. The van der Waals surface area contributed by atoms with E-state index in [0.717, 1.165) is 60.7 Å². The standard InChI is InChI=1S/C49H31N3O/c1-3-11-32(12-4-1)35-21-24-36(25-22-35)47-50-48(40-26-23-34-15-7-8-16-37(34)30-40)52-49(51-47)41-27-28-43-45(31-41)53-44-20-10-19-42(46(43)44)39-18-9-17-38(29-39)33-13-5-2-6-14-33/h1-31H. The Bertz CT molecular complexity index is 2930. The fourth-order valence-corrected chi connectivity index (χ4v) is 7.24. The van der Waals surface area contributed by atoms with Gasteiger partial charge in [0.1, 0.15) is 11.2 Å². The molecule has 0 aliphatic carbocycles. The Morgan fingerprint density at radius 3 is 1.58 bits per heavy atom. The molecule has 53 heavy (non-hydrogen) atoms. The van der Waals surface area contributed by atoms with Crippen LogP contribution in [0.25, 0.3) is 100 Å². The Morgan fingerprint density at radius 1 is 0.302 bits per heavy atom. The van der Waals surface area contributed by atoms with Crippen molar-refractivity contribution < 1.29 is 4.42 Å². The van der Waals surface area contributed by atoms with Crippen molar-refractivity contribution in [3.05, 3.63) is 188 Å². The molecular weight excluding hydrogens is 647 g/mol. The summed E-state index contributed by atoms with van der Waals surface area (Å²) >= 11 is 0. The highest BCUT2D eigenvalue weighted by molar-refractivity contribution is 6.13. The first kappa shape index (κ1) is 30.6. The van der Waals surface area contributed by atoms with E-state index in [-0.39, 0.29) is 0 Å². The first-order chi connectivity index (χ1) is 26.2. The molecule has 2 aromatic heterocycles. The lowest BCUT2D eigenvalue weighted by Gasteiger charge is -2.10. The molecule has 10 rings (SSSR count). The highest BCUT2D eigenvalue weighted by atomic mass is 16.3. The van der Waals surface area contributed by atoms with E-state index in [1.54, 1.807) is 0 Å². The molecule has 0 aliphatic rings. The fourth-order valence-electron chi connectivity index (χ4n) is 7.24. The number of rotatable bonds is 6. The lowest BCUT2D eigenvalue weighted by molar-refractivity contribution is 0.669. The van der Waals surface area contributed by atoms with Crippen LogP contribution in [0.4, 0.5) is 0 Å². The minimum atomic E-state index is 0.587. The van der Waals surface area contributed by atoms with Gasteiger partial charge < -0.3 is 4.42 Å². The monoisotopic (exact) mass is 677 g/mol. The maximum Gasteiger partial charge on any atom is 0.164 e. The van der Waals surface area contributed by atoms with E-state index in [9.17, 15) is 0 Å². The van der Waals surface area contributed by atoms with E-state index in [0.29, 0.717) is 17.5 Å². The summed E-state index contributed by atoms with van der Waals surface area (Å²) in [5.74, 6) is 1.82. The van der Waals surface area contributed by atoms with Crippen molar-refractivity contribution in [2.45, 2.75) is 0 Å². The average molecular weight is 678 g/mol. The normalized spacial score (nSPS) is 11.4. The first-order valence-electron chi connectivity index (χ1n) is 17.8. The fraction of sp³-hybridized carbons (Fsp3) is 0. The van der Waals surface area contributed by atoms with Gasteiger partial charge in [-0.15, -0.1) is 0 Å².